The van der Waals surface area contributed by atoms with Gasteiger partial charge in [-0.1, -0.05) is 30.3 Å². The van der Waals surface area contributed by atoms with Crippen molar-refractivity contribution in [3.63, 3.8) is 0 Å². The van der Waals surface area contributed by atoms with Crippen LogP contribution in [0.2, 0.25) is 0 Å². The fourth-order valence-corrected chi connectivity index (χ4v) is 2.70. The monoisotopic (exact) mass is 337 g/mol. The molecule has 1 aliphatic carbocycles. The predicted molar refractivity (Wildman–Crippen MR) is 80.3 cm³/mol. The van der Waals surface area contributed by atoms with Crippen LogP contribution in [0.5, 0.6) is 0 Å². The molecule has 0 bridgehead atoms. The number of anilines is 1. The summed E-state index contributed by atoms with van der Waals surface area (Å²) in [4.78, 5) is 15.4. The van der Waals surface area contributed by atoms with Crippen LogP contribution in [-0.2, 0) is 12.6 Å². The van der Waals surface area contributed by atoms with Crippen LogP contribution in [0.1, 0.15) is 22.9 Å². The van der Waals surface area contributed by atoms with E-state index in [9.17, 15) is 23.1 Å². The van der Waals surface area contributed by atoms with Gasteiger partial charge in [0.05, 0.1) is 12.1 Å². The summed E-state index contributed by atoms with van der Waals surface area (Å²) in [5.74, 6) is -0.219. The molecule has 2 aromatic rings. The molecule has 2 atom stereocenters. The van der Waals surface area contributed by atoms with Gasteiger partial charge in [-0.3, -0.25) is 5.32 Å². The normalized spacial score (nSPS) is 19.7. The number of benzene rings is 1. The first-order chi connectivity index (χ1) is 11.3. The van der Waals surface area contributed by atoms with Crippen molar-refractivity contribution in [2.45, 2.75) is 24.7 Å². The van der Waals surface area contributed by atoms with Crippen LogP contribution in [0.25, 0.3) is 0 Å². The number of hydrogen-bond acceptors (Lipinski definition) is 3. The number of nitrogens with zero attached hydrogens (tertiary/aromatic N) is 1. The van der Waals surface area contributed by atoms with Crippen LogP contribution in [0, 0.1) is 0 Å². The van der Waals surface area contributed by atoms with E-state index >= 15 is 0 Å². The molecule has 0 unspecified atom stereocenters. The summed E-state index contributed by atoms with van der Waals surface area (Å²) in [5.41, 5.74) is 0.621. The number of aliphatic hydroxyl groups is 1. The van der Waals surface area contributed by atoms with Gasteiger partial charge >= 0.3 is 12.2 Å². The topological polar surface area (TPSA) is 74.2 Å². The van der Waals surface area contributed by atoms with Crippen LogP contribution in [0.15, 0.2) is 42.5 Å². The number of carbonyl (C=O) groups is 1. The molecule has 8 heteroatoms. The number of urea groups is 1. The Morgan fingerprint density at radius 1 is 1.17 bits per heavy atom. The third-order valence-corrected chi connectivity index (χ3v) is 3.77. The van der Waals surface area contributed by atoms with Gasteiger partial charge < -0.3 is 10.4 Å². The van der Waals surface area contributed by atoms with E-state index in [1.807, 2.05) is 12.1 Å². The Kier molecular flexibility index (Phi) is 4.15. The number of rotatable bonds is 2. The summed E-state index contributed by atoms with van der Waals surface area (Å²) in [5, 5.41) is 14.9. The van der Waals surface area contributed by atoms with Gasteiger partial charge in [0, 0.05) is 6.42 Å². The molecule has 2 amide bonds. The molecule has 1 aromatic heterocycles. The first-order valence-electron chi connectivity index (χ1n) is 7.22. The van der Waals surface area contributed by atoms with Crippen molar-refractivity contribution in [1.82, 2.24) is 10.3 Å². The molecule has 0 radical (unpaired) electrons. The lowest BCUT2D eigenvalue weighted by Crippen LogP contribution is -2.37. The van der Waals surface area contributed by atoms with Gasteiger partial charge in [0.15, 0.2) is 0 Å². The fraction of sp³-hybridized carbons (Fsp3) is 0.250. The summed E-state index contributed by atoms with van der Waals surface area (Å²) < 4.78 is 37.9. The zero-order chi connectivity index (χ0) is 17.3. The number of pyridine rings is 1. The smallest absolute Gasteiger partial charge is 0.390 e. The zero-order valence-electron chi connectivity index (χ0n) is 12.3. The molecule has 126 valence electrons. The van der Waals surface area contributed by atoms with Crippen molar-refractivity contribution >= 4 is 11.8 Å². The van der Waals surface area contributed by atoms with Gasteiger partial charge in [0.25, 0.3) is 0 Å². The maximum absolute atomic E-state index is 12.6. The Hall–Kier alpha value is -2.61. The van der Waals surface area contributed by atoms with Crippen molar-refractivity contribution in [2.75, 3.05) is 5.32 Å². The molecule has 3 N–H and O–H groups in total. The van der Waals surface area contributed by atoms with Gasteiger partial charge in [-0.15, -0.1) is 0 Å². The average molecular weight is 337 g/mol. The van der Waals surface area contributed by atoms with E-state index in [-0.39, 0.29) is 5.82 Å². The predicted octanol–water partition coefficient (Wildman–Crippen LogP) is 2.88. The Labute approximate surface area is 135 Å². The molecular formula is C16H14F3N3O2. The van der Waals surface area contributed by atoms with Gasteiger partial charge in [-0.05, 0) is 23.3 Å². The van der Waals surface area contributed by atoms with Gasteiger partial charge in [-0.25, -0.2) is 9.78 Å². The molecule has 3 rings (SSSR count). The summed E-state index contributed by atoms with van der Waals surface area (Å²) in [6.45, 7) is 0. The molecular weight excluding hydrogens is 323 g/mol. The summed E-state index contributed by atoms with van der Waals surface area (Å²) in [7, 11) is 0. The van der Waals surface area contributed by atoms with E-state index in [0.29, 0.717) is 6.42 Å². The summed E-state index contributed by atoms with van der Waals surface area (Å²) in [6.07, 6.45) is -4.97. The molecule has 1 aromatic carbocycles. The lowest BCUT2D eigenvalue weighted by molar-refractivity contribution is -0.141. The van der Waals surface area contributed by atoms with E-state index < -0.39 is 30.0 Å². The lowest BCUT2D eigenvalue weighted by atomic mass is 10.1. The molecule has 0 fully saturated rings. The first-order valence-corrected chi connectivity index (χ1v) is 7.22. The Morgan fingerprint density at radius 3 is 2.67 bits per heavy atom. The van der Waals surface area contributed by atoms with Crippen molar-refractivity contribution in [2.24, 2.45) is 0 Å². The number of alkyl halides is 3. The van der Waals surface area contributed by atoms with Crippen LogP contribution in [-0.4, -0.2) is 22.2 Å². The van der Waals surface area contributed by atoms with Crippen molar-refractivity contribution < 1.29 is 23.1 Å². The van der Waals surface area contributed by atoms with Crippen LogP contribution in [0.3, 0.4) is 0 Å². The molecule has 5 nitrogen and oxygen atoms in total. The highest BCUT2D eigenvalue weighted by molar-refractivity contribution is 5.88. The average Bonchev–Trinajstić information content (AvgIpc) is 2.83. The highest BCUT2D eigenvalue weighted by atomic mass is 19.4. The Morgan fingerprint density at radius 2 is 1.92 bits per heavy atom. The molecule has 1 heterocycles. The third-order valence-electron chi connectivity index (χ3n) is 3.77. The van der Waals surface area contributed by atoms with Crippen LogP contribution < -0.4 is 10.6 Å². The highest BCUT2D eigenvalue weighted by Gasteiger charge is 2.33. The summed E-state index contributed by atoms with van der Waals surface area (Å²) in [6, 6.07) is 9.15. The molecule has 0 saturated heterocycles. The Balaban J connectivity index is 1.71. The highest BCUT2D eigenvalue weighted by Crippen LogP contribution is 2.31. The SMILES string of the molecule is O=C(Nc1cccc(C(F)(F)F)n1)N[C@@H]1c2ccccc2C[C@H]1O. The molecule has 0 aliphatic heterocycles. The molecule has 24 heavy (non-hydrogen) atoms. The fourth-order valence-electron chi connectivity index (χ4n) is 2.70. The van der Waals surface area contributed by atoms with E-state index in [2.05, 4.69) is 15.6 Å². The Bertz CT molecular complexity index is 764. The molecule has 0 spiro atoms. The van der Waals surface area contributed by atoms with E-state index in [1.165, 1.54) is 6.07 Å². The molecule has 1 aliphatic rings. The number of amides is 2. The number of hydrogen-bond donors (Lipinski definition) is 3. The minimum Gasteiger partial charge on any atom is -0.390 e. The molecule has 0 saturated carbocycles. The van der Waals surface area contributed by atoms with E-state index in [0.717, 1.165) is 23.3 Å². The minimum absolute atomic E-state index is 0.219. The number of halogens is 3. The standard InChI is InChI=1S/C16H14F3N3O2/c17-16(18,19)12-6-3-7-13(20-12)21-15(24)22-14-10-5-2-1-4-9(10)8-11(14)23/h1-7,11,14,23H,8H2,(H2,20,21,22,24)/t11-,14-/m1/s1. The number of carbonyl (C=O) groups excluding carboxylic acids is 1. The van der Waals surface area contributed by atoms with E-state index in [4.69, 9.17) is 0 Å². The van der Waals surface area contributed by atoms with Crippen LogP contribution >= 0.6 is 0 Å². The van der Waals surface area contributed by atoms with Crippen LogP contribution in [0.4, 0.5) is 23.8 Å². The maximum Gasteiger partial charge on any atom is 0.433 e. The number of aromatic nitrogens is 1. The van der Waals surface area contributed by atoms with Gasteiger partial charge in [0.1, 0.15) is 11.5 Å². The quantitative estimate of drug-likeness (QED) is 0.789. The second-order valence-corrected chi connectivity index (χ2v) is 5.45. The lowest BCUT2D eigenvalue weighted by Gasteiger charge is -2.18. The maximum atomic E-state index is 12.6. The third kappa shape index (κ3) is 3.33. The van der Waals surface area contributed by atoms with Gasteiger partial charge in [-0.2, -0.15) is 13.2 Å². The zero-order valence-corrected chi connectivity index (χ0v) is 12.3. The van der Waals surface area contributed by atoms with Crippen molar-refractivity contribution in [3.05, 3.63) is 59.3 Å². The summed E-state index contributed by atoms with van der Waals surface area (Å²) >= 11 is 0. The largest absolute Gasteiger partial charge is 0.433 e. The van der Waals surface area contributed by atoms with Crippen molar-refractivity contribution in [3.8, 4) is 0 Å². The number of fused-ring (bicyclic) bond motifs is 1. The number of nitrogens with one attached hydrogen (secondary N) is 2. The van der Waals surface area contributed by atoms with Crippen molar-refractivity contribution in [1.29, 1.82) is 0 Å². The van der Waals surface area contributed by atoms with E-state index in [1.54, 1.807) is 12.1 Å². The van der Waals surface area contributed by atoms with Gasteiger partial charge in [0.2, 0.25) is 0 Å². The first kappa shape index (κ1) is 16.3. The minimum atomic E-state index is -4.59. The second kappa shape index (κ2) is 6.12. The second-order valence-electron chi connectivity index (χ2n) is 5.45. The number of aliphatic hydroxyl groups excluding tert-OH is 1.